The van der Waals surface area contributed by atoms with Gasteiger partial charge >= 0.3 is 0 Å². The van der Waals surface area contributed by atoms with Crippen molar-refractivity contribution in [3.63, 3.8) is 0 Å². The molecule has 0 fully saturated rings. The van der Waals surface area contributed by atoms with E-state index in [0.717, 1.165) is 12.0 Å². The highest BCUT2D eigenvalue weighted by Crippen LogP contribution is 2.15. The molecule has 0 saturated heterocycles. The van der Waals surface area contributed by atoms with Gasteiger partial charge in [0.05, 0.1) is 12.6 Å². The topological polar surface area (TPSA) is 74.8 Å². The van der Waals surface area contributed by atoms with Gasteiger partial charge in [-0.1, -0.05) is 30.3 Å². The normalized spacial score (nSPS) is 12.3. The molecule has 3 N–H and O–H groups in total. The van der Waals surface area contributed by atoms with E-state index < -0.39 is 0 Å². The van der Waals surface area contributed by atoms with Gasteiger partial charge in [-0.05, 0) is 43.2 Å². The van der Waals surface area contributed by atoms with E-state index in [4.69, 9.17) is 4.74 Å². The number of amides is 1. The molecule has 1 amide bonds. The maximum atomic E-state index is 12.9. The first-order chi connectivity index (χ1) is 13.6. The third-order valence-electron chi connectivity index (χ3n) is 4.02. The summed E-state index contributed by atoms with van der Waals surface area (Å²) in [6.45, 7) is 3.37. The zero-order valence-electron chi connectivity index (χ0n) is 16.2. The summed E-state index contributed by atoms with van der Waals surface area (Å²) in [7, 11) is 1.64. The lowest BCUT2D eigenvalue weighted by molar-refractivity contribution is -0.115. The minimum atomic E-state index is -0.345. The second-order valence-electron chi connectivity index (χ2n) is 6.18. The van der Waals surface area contributed by atoms with Crippen molar-refractivity contribution < 1.29 is 13.9 Å². The first-order valence-corrected chi connectivity index (χ1v) is 9.25. The molecule has 6 nitrogen and oxygen atoms in total. The van der Waals surface area contributed by atoms with Gasteiger partial charge in [0.15, 0.2) is 5.96 Å². The van der Waals surface area contributed by atoms with E-state index in [9.17, 15) is 9.18 Å². The number of rotatable bonds is 9. The highest BCUT2D eigenvalue weighted by molar-refractivity contribution is 5.94. The van der Waals surface area contributed by atoms with Gasteiger partial charge in [0.1, 0.15) is 5.82 Å². The van der Waals surface area contributed by atoms with E-state index in [-0.39, 0.29) is 24.4 Å². The van der Waals surface area contributed by atoms with Gasteiger partial charge in [-0.3, -0.25) is 9.79 Å². The summed E-state index contributed by atoms with van der Waals surface area (Å²) in [5.41, 5.74) is 1.70. The van der Waals surface area contributed by atoms with Crippen LogP contribution in [0.3, 0.4) is 0 Å². The van der Waals surface area contributed by atoms with Crippen molar-refractivity contribution in [3.8, 4) is 0 Å². The average Bonchev–Trinajstić information content (AvgIpc) is 2.72. The highest BCUT2D eigenvalue weighted by Gasteiger charge is 2.06. The first kappa shape index (κ1) is 21.4. The van der Waals surface area contributed by atoms with Gasteiger partial charge in [0.25, 0.3) is 0 Å². The molecular formula is C21H27FN4O2. The molecule has 0 radical (unpaired) electrons. The Morgan fingerprint density at radius 2 is 1.82 bits per heavy atom. The molecule has 1 unspecified atom stereocenters. The third-order valence-corrected chi connectivity index (χ3v) is 4.02. The van der Waals surface area contributed by atoms with Crippen LogP contribution in [0.1, 0.15) is 25.0 Å². The fourth-order valence-electron chi connectivity index (χ4n) is 2.48. The van der Waals surface area contributed by atoms with Gasteiger partial charge in [-0.25, -0.2) is 4.39 Å². The van der Waals surface area contributed by atoms with Gasteiger partial charge in [-0.2, -0.15) is 0 Å². The lowest BCUT2D eigenvalue weighted by Gasteiger charge is -2.15. The lowest BCUT2D eigenvalue weighted by atomic mass is 10.1. The zero-order valence-corrected chi connectivity index (χ0v) is 16.2. The number of guanidine groups is 1. The smallest absolute Gasteiger partial charge is 0.243 e. The fourth-order valence-corrected chi connectivity index (χ4v) is 2.48. The van der Waals surface area contributed by atoms with Crippen molar-refractivity contribution in [2.45, 2.75) is 19.4 Å². The Bertz CT molecular complexity index is 751. The molecule has 0 heterocycles. The number of aliphatic imine (C=N–C) groups is 1. The van der Waals surface area contributed by atoms with E-state index in [2.05, 4.69) is 20.9 Å². The second kappa shape index (κ2) is 11.7. The molecule has 0 aliphatic rings. The molecule has 28 heavy (non-hydrogen) atoms. The number of benzene rings is 2. The average molecular weight is 386 g/mol. The summed E-state index contributed by atoms with van der Waals surface area (Å²) in [4.78, 5) is 16.0. The van der Waals surface area contributed by atoms with Crippen LogP contribution in [0.25, 0.3) is 0 Å². The van der Waals surface area contributed by atoms with Crippen molar-refractivity contribution in [1.82, 2.24) is 10.6 Å². The fraction of sp³-hybridized carbons (Fsp3) is 0.333. The quantitative estimate of drug-likeness (QED) is 0.352. The first-order valence-electron chi connectivity index (χ1n) is 9.25. The van der Waals surface area contributed by atoms with Crippen molar-refractivity contribution in [2.24, 2.45) is 4.99 Å². The van der Waals surface area contributed by atoms with E-state index in [0.29, 0.717) is 24.8 Å². The third kappa shape index (κ3) is 7.75. The molecule has 0 aliphatic carbocycles. The molecule has 2 aromatic carbocycles. The van der Waals surface area contributed by atoms with Crippen LogP contribution in [0.5, 0.6) is 0 Å². The molecule has 2 aromatic rings. The Hall–Kier alpha value is -2.93. The maximum Gasteiger partial charge on any atom is 0.243 e. The standard InChI is InChI=1S/C21H27FN4O2/c1-16(17-7-4-3-5-8-17)28-14-6-13-24-21(23-2)25-15-20(27)26-19-11-9-18(22)10-12-19/h3-5,7-12,16H,6,13-15H2,1-2H3,(H,26,27)(H2,23,24,25). The van der Waals surface area contributed by atoms with Gasteiger partial charge in [-0.15, -0.1) is 0 Å². The monoisotopic (exact) mass is 386 g/mol. The van der Waals surface area contributed by atoms with E-state index >= 15 is 0 Å². The van der Waals surface area contributed by atoms with Crippen LogP contribution in [0, 0.1) is 5.82 Å². The number of anilines is 1. The van der Waals surface area contributed by atoms with E-state index in [1.165, 1.54) is 24.3 Å². The summed E-state index contributed by atoms with van der Waals surface area (Å²) in [5.74, 6) is -0.0530. The SMILES string of the molecule is CN=C(NCCCOC(C)c1ccccc1)NCC(=O)Nc1ccc(F)cc1. The van der Waals surface area contributed by atoms with E-state index in [1.54, 1.807) is 7.05 Å². The number of hydrogen-bond acceptors (Lipinski definition) is 3. The molecule has 0 bridgehead atoms. The largest absolute Gasteiger partial charge is 0.374 e. The summed E-state index contributed by atoms with van der Waals surface area (Å²) in [6.07, 6.45) is 0.855. The minimum Gasteiger partial charge on any atom is -0.374 e. The number of halogens is 1. The van der Waals surface area contributed by atoms with Crippen LogP contribution in [-0.2, 0) is 9.53 Å². The lowest BCUT2D eigenvalue weighted by Crippen LogP contribution is -2.41. The molecule has 150 valence electrons. The Kier molecular flexibility index (Phi) is 8.94. The Balaban J connectivity index is 1.60. The van der Waals surface area contributed by atoms with Crippen molar-refractivity contribution in [2.75, 3.05) is 32.1 Å². The van der Waals surface area contributed by atoms with Crippen LogP contribution in [-0.4, -0.2) is 38.6 Å². The van der Waals surface area contributed by atoms with Gasteiger partial charge in [0.2, 0.25) is 5.91 Å². The van der Waals surface area contributed by atoms with Gasteiger partial charge in [0, 0.05) is 25.9 Å². The molecule has 0 aromatic heterocycles. The molecule has 0 aliphatic heterocycles. The number of carbonyl (C=O) groups excluding carboxylic acids is 1. The number of carbonyl (C=O) groups is 1. The predicted octanol–water partition coefficient (Wildman–Crippen LogP) is 3.10. The molecule has 0 spiro atoms. The van der Waals surface area contributed by atoms with Gasteiger partial charge < -0.3 is 20.7 Å². The van der Waals surface area contributed by atoms with E-state index in [1.807, 2.05) is 37.3 Å². The second-order valence-corrected chi connectivity index (χ2v) is 6.18. The number of hydrogen-bond donors (Lipinski definition) is 3. The van der Waals surface area contributed by atoms with Crippen LogP contribution in [0.4, 0.5) is 10.1 Å². The molecule has 7 heteroatoms. The van der Waals surface area contributed by atoms with Crippen molar-refractivity contribution in [1.29, 1.82) is 0 Å². The number of nitrogens with one attached hydrogen (secondary N) is 3. The Morgan fingerprint density at radius 3 is 2.50 bits per heavy atom. The van der Waals surface area contributed by atoms with Crippen LogP contribution in [0.2, 0.25) is 0 Å². The molecular weight excluding hydrogens is 359 g/mol. The Labute approximate surface area is 165 Å². The van der Waals surface area contributed by atoms with Crippen LogP contribution in [0.15, 0.2) is 59.6 Å². The predicted molar refractivity (Wildman–Crippen MR) is 110 cm³/mol. The molecule has 0 saturated carbocycles. The maximum absolute atomic E-state index is 12.9. The zero-order chi connectivity index (χ0) is 20.2. The summed E-state index contributed by atoms with van der Waals surface area (Å²) < 4.78 is 18.7. The number of ether oxygens (including phenoxy) is 1. The molecule has 1 atom stereocenters. The summed E-state index contributed by atoms with van der Waals surface area (Å²) in [6, 6.07) is 15.7. The minimum absolute atomic E-state index is 0.0498. The van der Waals surface area contributed by atoms with Crippen LogP contribution < -0.4 is 16.0 Å². The van der Waals surface area contributed by atoms with Crippen LogP contribution >= 0.6 is 0 Å². The Morgan fingerprint density at radius 1 is 1.11 bits per heavy atom. The highest BCUT2D eigenvalue weighted by atomic mass is 19.1. The molecule has 2 rings (SSSR count). The summed E-state index contributed by atoms with van der Waals surface area (Å²) >= 11 is 0. The number of nitrogens with zero attached hydrogens (tertiary/aromatic N) is 1. The summed E-state index contributed by atoms with van der Waals surface area (Å²) in [5, 5.41) is 8.76. The van der Waals surface area contributed by atoms with Crippen molar-refractivity contribution >= 4 is 17.6 Å². The van der Waals surface area contributed by atoms with Crippen molar-refractivity contribution in [3.05, 3.63) is 66.0 Å².